The molecule has 0 fully saturated rings. The third kappa shape index (κ3) is 32.6. The van der Waals surface area contributed by atoms with Gasteiger partial charge in [0.25, 0.3) is 0 Å². The van der Waals surface area contributed by atoms with Crippen molar-refractivity contribution >= 4 is 17.9 Å². The summed E-state index contributed by atoms with van der Waals surface area (Å²) < 4.78 is 17.3. The van der Waals surface area contributed by atoms with Crippen LogP contribution in [0.1, 0.15) is 210 Å². The lowest BCUT2D eigenvalue weighted by Crippen LogP contribution is -2.24. The van der Waals surface area contributed by atoms with E-state index in [-0.39, 0.29) is 24.0 Å². The van der Waals surface area contributed by atoms with Crippen molar-refractivity contribution in [2.45, 2.75) is 216 Å². The highest BCUT2D eigenvalue weighted by Gasteiger charge is 2.18. The van der Waals surface area contributed by atoms with Crippen molar-refractivity contribution in [2.75, 3.05) is 33.4 Å². The molecule has 0 bridgehead atoms. The minimum Gasteiger partial charge on any atom is -0.465 e. The lowest BCUT2D eigenvalue weighted by atomic mass is 9.89. The smallest absolute Gasteiger partial charge is 0.307 e. The molecule has 0 saturated heterocycles. The molecule has 0 N–H and O–H groups in total. The summed E-state index contributed by atoms with van der Waals surface area (Å²) in [6.07, 6.45) is 23.6. The molecule has 0 aliphatic carbocycles. The van der Waals surface area contributed by atoms with Gasteiger partial charge in [0.1, 0.15) is 6.10 Å². The molecule has 0 spiro atoms. The molecule has 0 aromatic carbocycles. The molecule has 0 aromatic rings. The van der Waals surface area contributed by atoms with Gasteiger partial charge in [-0.05, 0) is 100 Å². The minimum atomic E-state index is -0.0667. The molecule has 7 heteroatoms. The maximum atomic E-state index is 12.6. The van der Waals surface area contributed by atoms with Crippen molar-refractivity contribution in [3.05, 3.63) is 0 Å². The van der Waals surface area contributed by atoms with Crippen molar-refractivity contribution in [1.82, 2.24) is 4.90 Å². The van der Waals surface area contributed by atoms with Gasteiger partial charge in [-0.15, -0.1) is 0 Å². The van der Waals surface area contributed by atoms with Crippen LogP contribution in [0.2, 0.25) is 0 Å². The first-order chi connectivity index (χ1) is 25.7. The predicted octanol–water partition coefficient (Wildman–Crippen LogP) is 12.8. The second kappa shape index (κ2) is 34.6. The van der Waals surface area contributed by atoms with Crippen molar-refractivity contribution < 1.29 is 28.6 Å². The van der Waals surface area contributed by atoms with Crippen molar-refractivity contribution in [3.63, 3.8) is 0 Å². The van der Waals surface area contributed by atoms with Crippen LogP contribution in [-0.2, 0) is 28.6 Å². The predicted molar refractivity (Wildman–Crippen MR) is 227 cm³/mol. The van der Waals surface area contributed by atoms with Crippen LogP contribution < -0.4 is 0 Å². The van der Waals surface area contributed by atoms with Gasteiger partial charge in [-0.25, -0.2) is 0 Å². The molecule has 0 radical (unpaired) electrons. The fourth-order valence-corrected chi connectivity index (χ4v) is 6.86. The maximum Gasteiger partial charge on any atom is 0.307 e. The molecule has 0 rings (SSSR count). The molecule has 2 unspecified atom stereocenters. The Bertz CT molecular complexity index is 845. The van der Waals surface area contributed by atoms with Crippen LogP contribution in [0, 0.1) is 35.5 Å². The Morgan fingerprint density at radius 3 is 1.19 bits per heavy atom. The molecule has 0 aliphatic heterocycles. The van der Waals surface area contributed by atoms with Crippen LogP contribution in [0.5, 0.6) is 0 Å². The molecule has 54 heavy (non-hydrogen) atoms. The third-order valence-electron chi connectivity index (χ3n) is 11.4. The van der Waals surface area contributed by atoms with Crippen LogP contribution >= 0.6 is 0 Å². The topological polar surface area (TPSA) is 82.1 Å². The zero-order valence-corrected chi connectivity index (χ0v) is 37.5. The van der Waals surface area contributed by atoms with E-state index in [0.29, 0.717) is 68.0 Å². The number of hydrogen-bond acceptors (Lipinski definition) is 7. The SMILES string of the molecule is CCN(C)CCC(=O)OC(CCCCCCCCCC(=O)OCC(CCC(C)C)C(C)C)CCCCCCCCCC(=O)OCC(CCC(C)C)C(C)C. The van der Waals surface area contributed by atoms with Gasteiger partial charge in [-0.1, -0.05) is 139 Å². The minimum absolute atomic E-state index is 0.0165. The highest BCUT2D eigenvalue weighted by molar-refractivity contribution is 5.70. The van der Waals surface area contributed by atoms with E-state index >= 15 is 0 Å². The maximum absolute atomic E-state index is 12.6. The monoisotopic (exact) mass is 766 g/mol. The molecule has 0 amide bonds. The molecular weight excluding hydrogens is 675 g/mol. The lowest BCUT2D eigenvalue weighted by molar-refractivity contribution is -0.150. The first kappa shape index (κ1) is 52.4. The Hall–Kier alpha value is -1.63. The van der Waals surface area contributed by atoms with E-state index in [4.69, 9.17) is 14.2 Å². The van der Waals surface area contributed by atoms with Crippen LogP contribution in [0.25, 0.3) is 0 Å². The Morgan fingerprint density at radius 2 is 0.833 bits per heavy atom. The van der Waals surface area contributed by atoms with E-state index in [1.165, 1.54) is 38.5 Å². The summed E-state index contributed by atoms with van der Waals surface area (Å²) in [6, 6.07) is 0. The van der Waals surface area contributed by atoms with Gasteiger partial charge in [0, 0.05) is 19.4 Å². The first-order valence-electron chi connectivity index (χ1n) is 22.9. The number of carbonyl (C=O) groups is 3. The second-order valence-corrected chi connectivity index (χ2v) is 18.1. The van der Waals surface area contributed by atoms with Crippen LogP contribution in [0.15, 0.2) is 0 Å². The summed E-state index contributed by atoms with van der Waals surface area (Å²) in [7, 11) is 2.04. The normalized spacial score (nSPS) is 13.6. The summed E-state index contributed by atoms with van der Waals surface area (Å²) in [4.78, 5) is 39.4. The fraction of sp³-hybridized carbons (Fsp3) is 0.936. The highest BCUT2D eigenvalue weighted by atomic mass is 16.5. The highest BCUT2D eigenvalue weighted by Crippen LogP contribution is 2.23. The van der Waals surface area contributed by atoms with Gasteiger partial charge in [0.15, 0.2) is 0 Å². The van der Waals surface area contributed by atoms with Crippen molar-refractivity contribution in [1.29, 1.82) is 0 Å². The van der Waals surface area contributed by atoms with Gasteiger partial charge in [0.2, 0.25) is 0 Å². The van der Waals surface area contributed by atoms with Crippen LogP contribution in [-0.4, -0.2) is 62.3 Å². The molecule has 2 atom stereocenters. The number of esters is 3. The number of hydrogen-bond donors (Lipinski definition) is 0. The van der Waals surface area contributed by atoms with E-state index < -0.39 is 0 Å². The summed E-state index contributed by atoms with van der Waals surface area (Å²) in [5.41, 5.74) is 0. The fourth-order valence-electron chi connectivity index (χ4n) is 6.86. The summed E-state index contributed by atoms with van der Waals surface area (Å²) >= 11 is 0. The Labute approximate surface area is 335 Å². The van der Waals surface area contributed by atoms with Gasteiger partial charge >= 0.3 is 17.9 Å². The van der Waals surface area contributed by atoms with Gasteiger partial charge < -0.3 is 19.1 Å². The molecule has 320 valence electrons. The third-order valence-corrected chi connectivity index (χ3v) is 11.4. The number of carbonyl (C=O) groups excluding carboxylic acids is 3. The van der Waals surface area contributed by atoms with E-state index in [0.717, 1.165) is 103 Å². The van der Waals surface area contributed by atoms with Crippen LogP contribution in [0.4, 0.5) is 0 Å². The van der Waals surface area contributed by atoms with Crippen LogP contribution in [0.3, 0.4) is 0 Å². The number of ether oxygens (including phenoxy) is 3. The van der Waals surface area contributed by atoms with E-state index in [1.807, 2.05) is 7.05 Å². The number of rotatable bonds is 37. The number of nitrogens with zero attached hydrogens (tertiary/aromatic N) is 1. The Morgan fingerprint density at radius 1 is 0.463 bits per heavy atom. The molecular formula is C47H91NO6. The van der Waals surface area contributed by atoms with E-state index in [1.54, 1.807) is 0 Å². The average Bonchev–Trinajstić information content (AvgIpc) is 3.11. The summed E-state index contributed by atoms with van der Waals surface area (Å²) in [5, 5.41) is 0. The molecule has 0 saturated carbocycles. The molecule has 0 aromatic heterocycles. The van der Waals surface area contributed by atoms with Crippen molar-refractivity contribution in [3.8, 4) is 0 Å². The quantitative estimate of drug-likeness (QED) is 0.0354. The summed E-state index contributed by atoms with van der Waals surface area (Å²) in [6.45, 7) is 22.8. The van der Waals surface area contributed by atoms with Crippen molar-refractivity contribution in [2.24, 2.45) is 35.5 Å². The van der Waals surface area contributed by atoms with E-state index in [9.17, 15) is 14.4 Å². The summed E-state index contributed by atoms with van der Waals surface area (Å²) in [5.74, 6) is 3.22. The average molecular weight is 766 g/mol. The largest absolute Gasteiger partial charge is 0.465 e. The molecule has 0 heterocycles. The second-order valence-electron chi connectivity index (χ2n) is 18.1. The van der Waals surface area contributed by atoms with Gasteiger partial charge in [-0.3, -0.25) is 14.4 Å². The van der Waals surface area contributed by atoms with Gasteiger partial charge in [-0.2, -0.15) is 0 Å². The Balaban J connectivity index is 4.24. The zero-order valence-electron chi connectivity index (χ0n) is 37.5. The Kier molecular flexibility index (Phi) is 33.6. The lowest BCUT2D eigenvalue weighted by Gasteiger charge is -2.21. The molecule has 0 aliphatic rings. The first-order valence-corrected chi connectivity index (χ1v) is 22.9. The van der Waals surface area contributed by atoms with E-state index in [2.05, 4.69) is 67.2 Å². The number of unbranched alkanes of at least 4 members (excludes halogenated alkanes) is 12. The molecule has 7 nitrogen and oxygen atoms in total. The van der Waals surface area contributed by atoms with Gasteiger partial charge in [0.05, 0.1) is 19.6 Å². The zero-order chi connectivity index (χ0) is 40.6. The standard InChI is InChI=1S/C47H91NO6/c1-11-48(10)35-34-47(51)54-44(26-22-18-14-12-16-20-24-28-45(49)52-36-42(40(6)7)32-30-38(2)3)27-23-19-15-13-17-21-25-29-46(50)53-37-43(41(8)9)33-31-39(4)5/h38-44H,11-37H2,1-10H3.